The van der Waals surface area contributed by atoms with Gasteiger partial charge < -0.3 is 15.4 Å². The van der Waals surface area contributed by atoms with Crippen molar-refractivity contribution in [2.24, 2.45) is 5.73 Å². The molecule has 94 valence electrons. The zero-order valence-electron chi connectivity index (χ0n) is 10.9. The summed E-state index contributed by atoms with van der Waals surface area (Å²) >= 11 is 0. The Balaban J connectivity index is 2.16. The molecule has 1 heterocycles. The Labute approximate surface area is 104 Å². The first-order chi connectivity index (χ1) is 8.11. The molecule has 1 aliphatic rings. The van der Waals surface area contributed by atoms with Gasteiger partial charge >= 0.3 is 0 Å². The monoisotopic (exact) mass is 234 g/mol. The molecule has 2 rings (SSSR count). The fraction of sp³-hybridized carbons (Fsp3) is 0.571. The van der Waals surface area contributed by atoms with Crippen LogP contribution in [0, 0.1) is 0 Å². The van der Waals surface area contributed by atoms with Crippen LogP contribution in [0.15, 0.2) is 18.2 Å². The van der Waals surface area contributed by atoms with Gasteiger partial charge in [0.2, 0.25) is 0 Å². The van der Waals surface area contributed by atoms with Crippen LogP contribution in [-0.2, 0) is 11.2 Å². The van der Waals surface area contributed by atoms with Crippen molar-refractivity contribution in [3.63, 3.8) is 0 Å². The van der Waals surface area contributed by atoms with Gasteiger partial charge in [-0.3, -0.25) is 0 Å². The number of ether oxygens (including phenoxy) is 1. The average molecular weight is 234 g/mol. The predicted octanol–water partition coefficient (Wildman–Crippen LogP) is 2.10. The molecule has 0 aromatic heterocycles. The number of hydrogen-bond acceptors (Lipinski definition) is 3. The molecule has 2 atom stereocenters. The number of rotatable bonds is 4. The van der Waals surface area contributed by atoms with Crippen LogP contribution in [0.5, 0.6) is 0 Å². The lowest BCUT2D eigenvalue weighted by Crippen LogP contribution is -2.30. The van der Waals surface area contributed by atoms with Crippen LogP contribution in [0.4, 0.5) is 5.69 Å². The molecule has 17 heavy (non-hydrogen) atoms. The topological polar surface area (TPSA) is 38.5 Å². The third-order valence-corrected chi connectivity index (χ3v) is 3.50. The number of nitrogens with two attached hydrogens (primary N) is 1. The molecular weight excluding hydrogens is 212 g/mol. The smallest absolute Gasteiger partial charge is 0.0718 e. The van der Waals surface area contributed by atoms with Gasteiger partial charge in [-0.1, -0.05) is 12.1 Å². The van der Waals surface area contributed by atoms with Gasteiger partial charge in [0.1, 0.15) is 0 Å². The zero-order chi connectivity index (χ0) is 12.4. The van der Waals surface area contributed by atoms with Gasteiger partial charge in [0.15, 0.2) is 0 Å². The first-order valence-electron chi connectivity index (χ1n) is 6.28. The number of hydrogen-bond donors (Lipinski definition) is 1. The summed E-state index contributed by atoms with van der Waals surface area (Å²) in [6.07, 6.45) is 1.39. The highest BCUT2D eigenvalue weighted by molar-refractivity contribution is 5.59. The molecule has 0 fully saturated rings. The summed E-state index contributed by atoms with van der Waals surface area (Å²) in [6.45, 7) is 6.18. The normalized spacial score (nSPS) is 18.0. The maximum absolute atomic E-state index is 5.91. The second-order valence-electron chi connectivity index (χ2n) is 4.92. The van der Waals surface area contributed by atoms with Crippen LogP contribution in [0.2, 0.25) is 0 Å². The highest BCUT2D eigenvalue weighted by Crippen LogP contribution is 2.30. The van der Waals surface area contributed by atoms with Gasteiger partial charge in [-0.15, -0.1) is 0 Å². The summed E-state index contributed by atoms with van der Waals surface area (Å²) in [4.78, 5) is 2.40. The third-order valence-electron chi connectivity index (χ3n) is 3.50. The standard InChI is InChI=1S/C14H22N2O/c1-10(17-3)9-16-7-6-13-8-12(11(2)15)4-5-14(13)16/h4-5,8,10-11H,6-7,9,15H2,1-3H3. The van der Waals surface area contributed by atoms with Crippen LogP contribution >= 0.6 is 0 Å². The molecule has 0 amide bonds. The van der Waals surface area contributed by atoms with Crippen molar-refractivity contribution >= 4 is 5.69 Å². The lowest BCUT2D eigenvalue weighted by molar-refractivity contribution is 0.123. The molecule has 1 aromatic carbocycles. The van der Waals surface area contributed by atoms with E-state index in [0.29, 0.717) is 0 Å². The molecule has 0 spiro atoms. The van der Waals surface area contributed by atoms with Crippen molar-refractivity contribution < 1.29 is 4.74 Å². The molecule has 1 aromatic rings. The van der Waals surface area contributed by atoms with Gasteiger partial charge in [-0.25, -0.2) is 0 Å². The number of benzene rings is 1. The Hall–Kier alpha value is -1.06. The molecule has 2 unspecified atom stereocenters. The largest absolute Gasteiger partial charge is 0.380 e. The number of anilines is 1. The Morgan fingerprint density at radius 2 is 2.18 bits per heavy atom. The summed E-state index contributed by atoms with van der Waals surface area (Å²) in [5, 5.41) is 0. The minimum absolute atomic E-state index is 0.118. The van der Waals surface area contributed by atoms with Crippen molar-refractivity contribution in [1.82, 2.24) is 0 Å². The van der Waals surface area contributed by atoms with Crippen molar-refractivity contribution in [1.29, 1.82) is 0 Å². The van der Waals surface area contributed by atoms with Crippen molar-refractivity contribution in [2.45, 2.75) is 32.4 Å². The second kappa shape index (κ2) is 5.07. The van der Waals surface area contributed by atoms with Crippen LogP contribution in [0.3, 0.4) is 0 Å². The van der Waals surface area contributed by atoms with Crippen LogP contribution in [-0.4, -0.2) is 26.3 Å². The molecule has 0 radical (unpaired) electrons. The van der Waals surface area contributed by atoms with Crippen LogP contribution < -0.4 is 10.6 Å². The Morgan fingerprint density at radius 1 is 1.41 bits per heavy atom. The molecule has 0 saturated heterocycles. The molecular formula is C14H22N2O. The van der Waals surface area contributed by atoms with Gasteiger partial charge in [-0.05, 0) is 37.5 Å². The lowest BCUT2D eigenvalue weighted by atomic mass is 10.0. The van der Waals surface area contributed by atoms with Crippen molar-refractivity contribution in [2.75, 3.05) is 25.1 Å². The first kappa shape index (κ1) is 12.4. The molecule has 0 saturated carbocycles. The summed E-state index contributed by atoms with van der Waals surface area (Å²) in [7, 11) is 1.76. The Morgan fingerprint density at radius 3 is 2.82 bits per heavy atom. The van der Waals surface area contributed by atoms with Gasteiger partial charge in [0.05, 0.1) is 6.10 Å². The van der Waals surface area contributed by atoms with E-state index in [9.17, 15) is 0 Å². The van der Waals surface area contributed by atoms with Gasteiger partial charge in [-0.2, -0.15) is 0 Å². The molecule has 3 nitrogen and oxygen atoms in total. The molecule has 0 aliphatic carbocycles. The molecule has 3 heteroatoms. The lowest BCUT2D eigenvalue weighted by Gasteiger charge is -2.23. The summed E-state index contributed by atoms with van der Waals surface area (Å²) in [5.74, 6) is 0. The van der Waals surface area contributed by atoms with Crippen molar-refractivity contribution in [3.05, 3.63) is 29.3 Å². The first-order valence-corrected chi connectivity index (χ1v) is 6.28. The van der Waals surface area contributed by atoms with Crippen LogP contribution in [0.25, 0.3) is 0 Å². The Bertz CT molecular complexity index is 390. The summed E-state index contributed by atoms with van der Waals surface area (Å²) < 4.78 is 5.33. The Kier molecular flexibility index (Phi) is 3.69. The fourth-order valence-corrected chi connectivity index (χ4v) is 2.35. The number of nitrogens with zero attached hydrogens (tertiary/aromatic N) is 1. The van der Waals surface area contributed by atoms with Gasteiger partial charge in [0.25, 0.3) is 0 Å². The van der Waals surface area contributed by atoms with E-state index in [2.05, 4.69) is 30.0 Å². The highest BCUT2D eigenvalue weighted by atomic mass is 16.5. The van der Waals surface area contributed by atoms with Crippen LogP contribution in [0.1, 0.15) is 31.0 Å². The SMILES string of the molecule is COC(C)CN1CCc2cc(C(C)N)ccc21. The number of methoxy groups -OCH3 is 1. The minimum Gasteiger partial charge on any atom is -0.380 e. The molecule has 1 aliphatic heterocycles. The fourth-order valence-electron chi connectivity index (χ4n) is 2.35. The molecule has 2 N–H and O–H groups in total. The van der Waals surface area contributed by atoms with E-state index in [1.165, 1.54) is 16.8 Å². The molecule has 0 bridgehead atoms. The van der Waals surface area contributed by atoms with E-state index < -0.39 is 0 Å². The zero-order valence-corrected chi connectivity index (χ0v) is 10.9. The predicted molar refractivity (Wildman–Crippen MR) is 71.4 cm³/mol. The average Bonchev–Trinajstić information content (AvgIpc) is 2.71. The van der Waals surface area contributed by atoms with E-state index in [-0.39, 0.29) is 12.1 Å². The second-order valence-corrected chi connectivity index (χ2v) is 4.92. The van der Waals surface area contributed by atoms with E-state index in [1.54, 1.807) is 7.11 Å². The summed E-state index contributed by atoms with van der Waals surface area (Å²) in [5.41, 5.74) is 9.90. The number of fused-ring (bicyclic) bond motifs is 1. The van der Waals surface area contributed by atoms with E-state index >= 15 is 0 Å². The van der Waals surface area contributed by atoms with E-state index in [4.69, 9.17) is 10.5 Å². The van der Waals surface area contributed by atoms with E-state index in [0.717, 1.165) is 19.5 Å². The quantitative estimate of drug-likeness (QED) is 0.867. The minimum atomic E-state index is 0.118. The maximum Gasteiger partial charge on any atom is 0.0718 e. The third kappa shape index (κ3) is 2.61. The van der Waals surface area contributed by atoms with Crippen molar-refractivity contribution in [3.8, 4) is 0 Å². The highest BCUT2D eigenvalue weighted by Gasteiger charge is 2.21. The summed E-state index contributed by atoms with van der Waals surface area (Å²) in [6, 6.07) is 6.70. The van der Waals surface area contributed by atoms with Gasteiger partial charge in [0, 0.05) is 31.9 Å². The van der Waals surface area contributed by atoms with E-state index in [1.807, 2.05) is 6.92 Å². The maximum atomic E-state index is 5.91.